The first kappa shape index (κ1) is 18.7. The lowest BCUT2D eigenvalue weighted by molar-refractivity contribution is -0.121. The summed E-state index contributed by atoms with van der Waals surface area (Å²) < 4.78 is 5.40. The number of nitrogens with two attached hydrogens (primary N) is 1. The summed E-state index contributed by atoms with van der Waals surface area (Å²) in [6.45, 7) is 5.35. The molecule has 1 aromatic rings. The van der Waals surface area contributed by atoms with E-state index >= 15 is 0 Å². The molecule has 0 saturated carbocycles. The number of anilines is 1. The van der Waals surface area contributed by atoms with E-state index in [0.717, 1.165) is 17.7 Å². The van der Waals surface area contributed by atoms with E-state index in [9.17, 15) is 4.79 Å². The molecule has 0 radical (unpaired) electrons. The Labute approximate surface area is 127 Å². The van der Waals surface area contributed by atoms with E-state index in [0.29, 0.717) is 26.0 Å². The van der Waals surface area contributed by atoms with Crippen molar-refractivity contribution in [1.82, 2.24) is 5.32 Å². The maximum atomic E-state index is 11.6. The highest BCUT2D eigenvalue weighted by Crippen LogP contribution is 2.12. The third-order valence-corrected chi connectivity index (χ3v) is 2.77. The predicted molar refractivity (Wildman–Crippen MR) is 85.1 cm³/mol. The number of carbonyl (C=O) groups excluding carboxylic acids is 1. The smallest absolute Gasteiger partial charge is 0.220 e. The van der Waals surface area contributed by atoms with Gasteiger partial charge in [0.05, 0.1) is 6.10 Å². The van der Waals surface area contributed by atoms with Crippen LogP contribution in [0, 0.1) is 0 Å². The molecule has 0 aliphatic carbocycles. The SMILES string of the molecule is CC(C)OCCCNC(=O)CCc1ccccc1N.Cl. The molecule has 0 unspecified atom stereocenters. The quantitative estimate of drug-likeness (QED) is 0.573. The molecule has 0 atom stereocenters. The Kier molecular flexibility index (Phi) is 9.86. The number of halogens is 1. The lowest BCUT2D eigenvalue weighted by atomic mass is 10.1. The largest absolute Gasteiger partial charge is 0.399 e. The van der Waals surface area contributed by atoms with E-state index in [4.69, 9.17) is 10.5 Å². The Morgan fingerprint density at radius 1 is 1.35 bits per heavy atom. The van der Waals surface area contributed by atoms with Gasteiger partial charge in [0.1, 0.15) is 0 Å². The molecule has 0 spiro atoms. The highest BCUT2D eigenvalue weighted by molar-refractivity contribution is 5.85. The number of carbonyl (C=O) groups is 1. The average molecular weight is 301 g/mol. The van der Waals surface area contributed by atoms with Crippen LogP contribution in [0.25, 0.3) is 0 Å². The molecule has 114 valence electrons. The predicted octanol–water partition coefficient (Wildman–Crippen LogP) is 2.55. The van der Waals surface area contributed by atoms with Gasteiger partial charge in [0.25, 0.3) is 0 Å². The van der Waals surface area contributed by atoms with E-state index in [1.54, 1.807) is 0 Å². The molecular weight excluding hydrogens is 276 g/mol. The summed E-state index contributed by atoms with van der Waals surface area (Å²) in [7, 11) is 0. The van der Waals surface area contributed by atoms with Gasteiger partial charge in [-0.05, 0) is 38.3 Å². The summed E-state index contributed by atoms with van der Waals surface area (Å²) in [5, 5.41) is 2.89. The molecule has 3 N–H and O–H groups in total. The number of hydrogen-bond acceptors (Lipinski definition) is 3. The van der Waals surface area contributed by atoms with Crippen molar-refractivity contribution < 1.29 is 9.53 Å². The Morgan fingerprint density at radius 3 is 2.70 bits per heavy atom. The summed E-state index contributed by atoms with van der Waals surface area (Å²) in [6.07, 6.45) is 2.24. The minimum Gasteiger partial charge on any atom is -0.399 e. The second kappa shape index (κ2) is 10.5. The van der Waals surface area contributed by atoms with Gasteiger partial charge in [0.15, 0.2) is 0 Å². The van der Waals surface area contributed by atoms with Crippen LogP contribution in [0.15, 0.2) is 24.3 Å². The summed E-state index contributed by atoms with van der Waals surface area (Å²) in [5.41, 5.74) is 7.61. The molecule has 0 saturated heterocycles. The molecule has 1 amide bonds. The monoisotopic (exact) mass is 300 g/mol. The zero-order chi connectivity index (χ0) is 14.1. The van der Waals surface area contributed by atoms with Crippen LogP contribution in [0.5, 0.6) is 0 Å². The number of nitrogen functional groups attached to an aromatic ring is 1. The molecule has 0 aromatic heterocycles. The summed E-state index contributed by atoms with van der Waals surface area (Å²) in [5.74, 6) is 0.0628. The molecule has 0 fully saturated rings. The minimum absolute atomic E-state index is 0. The number of para-hydroxylation sites is 1. The fourth-order valence-corrected chi connectivity index (χ4v) is 1.72. The molecule has 5 heteroatoms. The Hall–Kier alpha value is -1.26. The first-order valence-electron chi connectivity index (χ1n) is 6.81. The molecule has 20 heavy (non-hydrogen) atoms. The van der Waals surface area contributed by atoms with Crippen LogP contribution in [0.1, 0.15) is 32.3 Å². The Balaban J connectivity index is 0.00000361. The van der Waals surface area contributed by atoms with Crippen molar-refractivity contribution in [1.29, 1.82) is 0 Å². The van der Waals surface area contributed by atoms with Gasteiger partial charge in [-0.3, -0.25) is 4.79 Å². The van der Waals surface area contributed by atoms with Crippen LogP contribution in [-0.4, -0.2) is 25.2 Å². The average Bonchev–Trinajstić information content (AvgIpc) is 2.37. The van der Waals surface area contributed by atoms with Crippen molar-refractivity contribution in [2.45, 2.75) is 39.2 Å². The standard InChI is InChI=1S/C15H24N2O2.ClH/c1-12(2)19-11-5-10-17-15(18)9-8-13-6-3-4-7-14(13)16;/h3-4,6-7,12H,5,8-11,16H2,1-2H3,(H,17,18);1H. The van der Waals surface area contributed by atoms with E-state index in [2.05, 4.69) is 5.32 Å². The third-order valence-electron chi connectivity index (χ3n) is 2.77. The first-order chi connectivity index (χ1) is 9.09. The van der Waals surface area contributed by atoms with Gasteiger partial charge in [-0.25, -0.2) is 0 Å². The van der Waals surface area contributed by atoms with Gasteiger partial charge in [0.2, 0.25) is 5.91 Å². The fourth-order valence-electron chi connectivity index (χ4n) is 1.72. The van der Waals surface area contributed by atoms with Crippen molar-refractivity contribution in [2.24, 2.45) is 0 Å². The second-order valence-electron chi connectivity index (χ2n) is 4.82. The highest BCUT2D eigenvalue weighted by atomic mass is 35.5. The number of nitrogens with one attached hydrogen (secondary N) is 1. The molecule has 1 aromatic carbocycles. The van der Waals surface area contributed by atoms with Gasteiger partial charge in [0, 0.05) is 25.3 Å². The van der Waals surface area contributed by atoms with Crippen molar-refractivity contribution >= 4 is 24.0 Å². The van der Waals surface area contributed by atoms with Crippen LogP contribution in [0.4, 0.5) is 5.69 Å². The minimum atomic E-state index is 0. The van der Waals surface area contributed by atoms with Crippen molar-refractivity contribution in [3.63, 3.8) is 0 Å². The molecule has 0 aliphatic rings. The summed E-state index contributed by atoms with van der Waals surface area (Å²) in [6, 6.07) is 7.65. The lowest BCUT2D eigenvalue weighted by Crippen LogP contribution is -2.25. The number of amides is 1. The van der Waals surface area contributed by atoms with Crippen LogP contribution < -0.4 is 11.1 Å². The summed E-state index contributed by atoms with van der Waals surface area (Å²) >= 11 is 0. The van der Waals surface area contributed by atoms with Crippen LogP contribution in [0.3, 0.4) is 0 Å². The van der Waals surface area contributed by atoms with E-state index in [1.807, 2.05) is 38.1 Å². The van der Waals surface area contributed by atoms with E-state index in [1.165, 1.54) is 0 Å². The number of aryl methyl sites for hydroxylation is 1. The maximum absolute atomic E-state index is 11.6. The van der Waals surface area contributed by atoms with Gasteiger partial charge in [-0.15, -0.1) is 12.4 Å². The van der Waals surface area contributed by atoms with Gasteiger partial charge in [-0.2, -0.15) is 0 Å². The normalized spacial score (nSPS) is 10.2. The van der Waals surface area contributed by atoms with Crippen LogP contribution in [0.2, 0.25) is 0 Å². The van der Waals surface area contributed by atoms with E-state index < -0.39 is 0 Å². The molecule has 0 bridgehead atoms. The zero-order valence-electron chi connectivity index (χ0n) is 12.2. The number of hydrogen-bond donors (Lipinski definition) is 2. The fraction of sp³-hybridized carbons (Fsp3) is 0.533. The van der Waals surface area contributed by atoms with Crippen molar-refractivity contribution in [3.05, 3.63) is 29.8 Å². The first-order valence-corrected chi connectivity index (χ1v) is 6.81. The summed E-state index contributed by atoms with van der Waals surface area (Å²) in [4.78, 5) is 11.6. The third kappa shape index (κ3) is 8.02. The molecule has 0 heterocycles. The number of ether oxygens (including phenoxy) is 1. The van der Waals surface area contributed by atoms with E-state index in [-0.39, 0.29) is 24.4 Å². The molecule has 1 rings (SSSR count). The van der Waals surface area contributed by atoms with Crippen LogP contribution >= 0.6 is 12.4 Å². The highest BCUT2D eigenvalue weighted by Gasteiger charge is 2.03. The molecule has 4 nitrogen and oxygen atoms in total. The van der Waals surface area contributed by atoms with Crippen molar-refractivity contribution in [3.8, 4) is 0 Å². The molecular formula is C15H25ClN2O2. The maximum Gasteiger partial charge on any atom is 0.220 e. The topological polar surface area (TPSA) is 64.3 Å². The Bertz CT molecular complexity index is 397. The van der Waals surface area contributed by atoms with Gasteiger partial charge >= 0.3 is 0 Å². The lowest BCUT2D eigenvalue weighted by Gasteiger charge is -2.09. The Morgan fingerprint density at radius 2 is 2.05 bits per heavy atom. The number of rotatable bonds is 8. The number of benzene rings is 1. The van der Waals surface area contributed by atoms with Crippen LogP contribution in [-0.2, 0) is 16.0 Å². The van der Waals surface area contributed by atoms with Gasteiger partial charge < -0.3 is 15.8 Å². The van der Waals surface area contributed by atoms with Gasteiger partial charge in [-0.1, -0.05) is 18.2 Å². The molecule has 0 aliphatic heterocycles. The zero-order valence-corrected chi connectivity index (χ0v) is 13.0. The second-order valence-corrected chi connectivity index (χ2v) is 4.82. The van der Waals surface area contributed by atoms with Crippen molar-refractivity contribution in [2.75, 3.05) is 18.9 Å².